The average molecular weight is 264 g/mol. The maximum absolute atomic E-state index is 4.37. The van der Waals surface area contributed by atoms with Gasteiger partial charge in [0, 0.05) is 29.9 Å². The summed E-state index contributed by atoms with van der Waals surface area (Å²) in [6.07, 6.45) is 5.65. The van der Waals surface area contributed by atoms with Crippen LogP contribution in [0, 0.1) is 0 Å². The second-order valence-corrected chi connectivity index (χ2v) is 6.37. The van der Waals surface area contributed by atoms with Crippen molar-refractivity contribution in [3.63, 3.8) is 0 Å². The van der Waals surface area contributed by atoms with Crippen LogP contribution in [0.4, 0.5) is 0 Å². The lowest BCUT2D eigenvalue weighted by molar-refractivity contribution is 0.413. The Morgan fingerprint density at radius 1 is 1.44 bits per heavy atom. The summed E-state index contributed by atoms with van der Waals surface area (Å²) < 4.78 is 2.18. The van der Waals surface area contributed by atoms with E-state index in [2.05, 4.69) is 47.5 Å². The molecule has 1 N–H and O–H groups in total. The normalized spacial score (nSPS) is 13.8. The van der Waals surface area contributed by atoms with Gasteiger partial charge in [0.25, 0.3) is 0 Å². The highest BCUT2D eigenvalue weighted by Gasteiger charge is 2.15. The van der Waals surface area contributed by atoms with E-state index in [4.69, 9.17) is 0 Å². The summed E-state index contributed by atoms with van der Waals surface area (Å²) in [5, 5.41) is 6.61. The van der Waals surface area contributed by atoms with Crippen molar-refractivity contribution < 1.29 is 0 Å². The van der Waals surface area contributed by atoms with E-state index >= 15 is 0 Å². The number of nitrogens with zero attached hydrogens (tertiary/aromatic N) is 3. The maximum atomic E-state index is 4.37. The van der Waals surface area contributed by atoms with Gasteiger partial charge in [-0.15, -0.1) is 11.3 Å². The monoisotopic (exact) mass is 264 g/mol. The standard InChI is InChI=1S/C13H20N4S/c1-10(12-15-5-6-18-12)17-9-14-7-11(17)8-16-13(2,3)4/h5-7,9-10,16H,8H2,1-4H3. The lowest BCUT2D eigenvalue weighted by Gasteiger charge is -2.22. The molecule has 1 unspecified atom stereocenters. The molecular weight excluding hydrogens is 244 g/mol. The van der Waals surface area contributed by atoms with Crippen LogP contribution in [0.1, 0.15) is 44.4 Å². The number of nitrogens with one attached hydrogen (secondary N) is 1. The van der Waals surface area contributed by atoms with E-state index < -0.39 is 0 Å². The number of thiazole rings is 1. The van der Waals surface area contributed by atoms with Gasteiger partial charge in [0.05, 0.1) is 18.1 Å². The molecule has 0 radical (unpaired) electrons. The van der Waals surface area contributed by atoms with Gasteiger partial charge in [-0.25, -0.2) is 9.97 Å². The number of imidazole rings is 1. The molecule has 0 bridgehead atoms. The van der Waals surface area contributed by atoms with Crippen LogP contribution in [-0.4, -0.2) is 20.1 Å². The minimum Gasteiger partial charge on any atom is -0.324 e. The second-order valence-electron chi connectivity index (χ2n) is 5.44. The molecule has 0 aliphatic carbocycles. The van der Waals surface area contributed by atoms with E-state index in [0.29, 0.717) is 0 Å². The Labute approximate surface area is 112 Å². The summed E-state index contributed by atoms with van der Waals surface area (Å²) in [6.45, 7) is 9.47. The van der Waals surface area contributed by atoms with Crippen molar-refractivity contribution in [1.29, 1.82) is 0 Å². The fourth-order valence-corrected chi connectivity index (χ4v) is 2.43. The summed E-state index contributed by atoms with van der Waals surface area (Å²) in [7, 11) is 0. The number of hydrogen-bond acceptors (Lipinski definition) is 4. The highest BCUT2D eigenvalue weighted by Crippen LogP contribution is 2.21. The van der Waals surface area contributed by atoms with Gasteiger partial charge < -0.3 is 9.88 Å². The molecule has 0 spiro atoms. The van der Waals surface area contributed by atoms with Crippen molar-refractivity contribution in [2.45, 2.75) is 45.8 Å². The Balaban J connectivity index is 2.13. The summed E-state index contributed by atoms with van der Waals surface area (Å²) in [6, 6.07) is 0.240. The van der Waals surface area contributed by atoms with Gasteiger partial charge in [-0.3, -0.25) is 0 Å². The van der Waals surface area contributed by atoms with Crippen LogP contribution in [-0.2, 0) is 6.54 Å². The van der Waals surface area contributed by atoms with Crippen LogP contribution in [0.5, 0.6) is 0 Å². The highest BCUT2D eigenvalue weighted by atomic mass is 32.1. The molecule has 0 aliphatic rings. The molecule has 0 aliphatic heterocycles. The fourth-order valence-electron chi connectivity index (χ4n) is 1.73. The van der Waals surface area contributed by atoms with Crippen LogP contribution < -0.4 is 5.32 Å². The van der Waals surface area contributed by atoms with Crippen molar-refractivity contribution >= 4 is 11.3 Å². The second kappa shape index (κ2) is 5.20. The van der Waals surface area contributed by atoms with E-state index in [1.165, 1.54) is 5.69 Å². The third-order valence-corrected chi connectivity index (χ3v) is 3.72. The summed E-state index contributed by atoms with van der Waals surface area (Å²) in [5.74, 6) is 0. The van der Waals surface area contributed by atoms with Crippen molar-refractivity contribution in [3.8, 4) is 0 Å². The topological polar surface area (TPSA) is 42.7 Å². The first-order chi connectivity index (χ1) is 8.47. The van der Waals surface area contributed by atoms with E-state index in [0.717, 1.165) is 11.6 Å². The molecule has 0 amide bonds. The predicted octanol–water partition coefficient (Wildman–Crippen LogP) is 2.84. The number of rotatable bonds is 4. The molecule has 4 nitrogen and oxygen atoms in total. The molecule has 0 saturated carbocycles. The zero-order valence-corrected chi connectivity index (χ0v) is 12.2. The first kappa shape index (κ1) is 13.2. The molecule has 2 heterocycles. The van der Waals surface area contributed by atoms with Gasteiger partial charge in [0.15, 0.2) is 0 Å². The molecule has 0 aromatic carbocycles. The molecule has 2 rings (SSSR count). The molecule has 1 atom stereocenters. The SMILES string of the molecule is CC(c1nccs1)n1cncc1CNC(C)(C)C. The van der Waals surface area contributed by atoms with E-state index in [-0.39, 0.29) is 11.6 Å². The summed E-state index contributed by atoms with van der Waals surface area (Å²) in [5.41, 5.74) is 1.30. The van der Waals surface area contributed by atoms with Gasteiger partial charge in [-0.1, -0.05) is 0 Å². The molecule has 2 aromatic rings. The van der Waals surface area contributed by atoms with Crippen molar-refractivity contribution in [1.82, 2.24) is 19.9 Å². The minimum atomic E-state index is 0.111. The Kier molecular flexibility index (Phi) is 3.82. The van der Waals surface area contributed by atoms with Gasteiger partial charge in [0.2, 0.25) is 0 Å². The molecule has 2 aromatic heterocycles. The van der Waals surface area contributed by atoms with Crippen molar-refractivity contribution in [2.24, 2.45) is 0 Å². The fraction of sp³-hybridized carbons (Fsp3) is 0.538. The summed E-state index contributed by atoms with van der Waals surface area (Å²) >= 11 is 1.68. The molecule has 98 valence electrons. The maximum Gasteiger partial charge on any atom is 0.115 e. The minimum absolute atomic E-state index is 0.111. The van der Waals surface area contributed by atoms with Crippen molar-refractivity contribution in [3.05, 3.63) is 34.8 Å². The van der Waals surface area contributed by atoms with E-state index in [1.54, 1.807) is 11.3 Å². The molecule has 0 fully saturated rings. The third kappa shape index (κ3) is 3.17. The Hall–Kier alpha value is -1.20. The first-order valence-corrected chi connectivity index (χ1v) is 7.00. The lowest BCUT2D eigenvalue weighted by Crippen LogP contribution is -2.35. The Bertz CT molecular complexity index is 481. The van der Waals surface area contributed by atoms with Crippen LogP contribution in [0.25, 0.3) is 0 Å². The van der Waals surface area contributed by atoms with Crippen LogP contribution in [0.15, 0.2) is 24.1 Å². The van der Waals surface area contributed by atoms with Crippen molar-refractivity contribution in [2.75, 3.05) is 0 Å². The van der Waals surface area contributed by atoms with Crippen LogP contribution in [0.2, 0.25) is 0 Å². The molecule has 0 saturated heterocycles. The van der Waals surface area contributed by atoms with Crippen LogP contribution in [0.3, 0.4) is 0 Å². The Morgan fingerprint density at radius 3 is 2.83 bits per heavy atom. The molecule has 5 heteroatoms. The lowest BCUT2D eigenvalue weighted by atomic mass is 10.1. The first-order valence-electron chi connectivity index (χ1n) is 6.12. The smallest absolute Gasteiger partial charge is 0.115 e. The summed E-state index contributed by atoms with van der Waals surface area (Å²) in [4.78, 5) is 8.63. The number of aromatic nitrogens is 3. The highest BCUT2D eigenvalue weighted by molar-refractivity contribution is 7.09. The van der Waals surface area contributed by atoms with Gasteiger partial charge in [-0.2, -0.15) is 0 Å². The zero-order chi connectivity index (χ0) is 13.2. The predicted molar refractivity (Wildman–Crippen MR) is 74.7 cm³/mol. The third-order valence-electron chi connectivity index (χ3n) is 2.77. The van der Waals surface area contributed by atoms with Gasteiger partial charge >= 0.3 is 0 Å². The average Bonchev–Trinajstić information content (AvgIpc) is 2.95. The van der Waals surface area contributed by atoms with Gasteiger partial charge in [-0.05, 0) is 27.7 Å². The largest absolute Gasteiger partial charge is 0.324 e. The van der Waals surface area contributed by atoms with E-state index in [9.17, 15) is 0 Å². The molecular formula is C13H20N4S. The molecule has 18 heavy (non-hydrogen) atoms. The van der Waals surface area contributed by atoms with Crippen LogP contribution >= 0.6 is 11.3 Å². The quantitative estimate of drug-likeness (QED) is 0.923. The van der Waals surface area contributed by atoms with Gasteiger partial charge in [0.1, 0.15) is 5.01 Å². The number of hydrogen-bond donors (Lipinski definition) is 1. The van der Waals surface area contributed by atoms with E-state index in [1.807, 2.05) is 24.1 Å². The zero-order valence-electron chi connectivity index (χ0n) is 11.3. The Morgan fingerprint density at radius 2 is 2.22 bits per heavy atom.